The Morgan fingerprint density at radius 2 is 1.83 bits per heavy atom. The predicted octanol–water partition coefficient (Wildman–Crippen LogP) is 1.20. The first kappa shape index (κ1) is 11.1. The van der Waals surface area contributed by atoms with Crippen molar-refractivity contribution in [2.24, 2.45) is 0 Å². The zero-order valence-corrected chi connectivity index (χ0v) is 8.55. The predicted molar refractivity (Wildman–Crippen MR) is 49.9 cm³/mol. The minimum absolute atomic E-state index is 0.850. The molecule has 0 aliphatic heterocycles. The van der Waals surface area contributed by atoms with Crippen LogP contribution < -0.4 is 0 Å². The van der Waals surface area contributed by atoms with Crippen LogP contribution in [-0.2, 0) is 6.54 Å². The molecule has 0 aromatic carbocycles. The highest BCUT2D eigenvalue weighted by molar-refractivity contribution is 5.04. The summed E-state index contributed by atoms with van der Waals surface area (Å²) in [5, 5.41) is 10.5. The van der Waals surface area contributed by atoms with Crippen LogP contribution in [0.2, 0.25) is 0 Å². The molecule has 0 unspecified atom stereocenters. The first-order valence-corrected chi connectivity index (χ1v) is 4.21. The van der Waals surface area contributed by atoms with Gasteiger partial charge in [-0.1, -0.05) is 13.8 Å². The second-order valence-electron chi connectivity index (χ2n) is 2.59. The van der Waals surface area contributed by atoms with Gasteiger partial charge in [-0.2, -0.15) is 15.4 Å². The number of nitrogens with one attached hydrogen (secondary N) is 1. The number of aromatic nitrogens is 3. The maximum Gasteiger partial charge on any atom is 0.0993 e. The molecule has 0 spiro atoms. The Kier molecular flexibility index (Phi) is 5.28. The van der Waals surface area contributed by atoms with Crippen molar-refractivity contribution in [3.8, 4) is 0 Å². The molecule has 0 bridgehead atoms. The summed E-state index contributed by atoms with van der Waals surface area (Å²) in [5.41, 5.74) is 2.00. The van der Waals surface area contributed by atoms with Crippen LogP contribution in [0.25, 0.3) is 0 Å². The Morgan fingerprint density at radius 3 is 2.17 bits per heavy atom. The minimum atomic E-state index is 0.850. The molecule has 1 heterocycles. The molecule has 0 amide bonds. The Balaban J connectivity index is 0.000000561. The SMILES string of the molecule is CC.Cc1n[nH]nc1CN(C)C. The zero-order valence-electron chi connectivity index (χ0n) is 8.55. The molecule has 4 heteroatoms. The highest BCUT2D eigenvalue weighted by Gasteiger charge is 2.02. The molecule has 1 aromatic rings. The standard InChI is InChI=1S/C6H12N4.C2H6/c1-5-6(4-10(2)3)8-9-7-5;1-2/h4H2,1-3H3,(H,7,8,9);1-2H3. The van der Waals surface area contributed by atoms with Gasteiger partial charge in [-0.05, 0) is 21.0 Å². The molecular formula is C8H18N4. The van der Waals surface area contributed by atoms with Gasteiger partial charge in [0, 0.05) is 6.54 Å². The van der Waals surface area contributed by atoms with Crippen molar-refractivity contribution in [2.75, 3.05) is 14.1 Å². The summed E-state index contributed by atoms with van der Waals surface area (Å²) in [5.74, 6) is 0. The second kappa shape index (κ2) is 5.71. The third-order valence-electron chi connectivity index (χ3n) is 1.29. The topological polar surface area (TPSA) is 44.8 Å². The first-order chi connectivity index (χ1) is 5.70. The lowest BCUT2D eigenvalue weighted by molar-refractivity contribution is 0.395. The van der Waals surface area contributed by atoms with Gasteiger partial charge in [0.25, 0.3) is 0 Å². The van der Waals surface area contributed by atoms with Crippen molar-refractivity contribution in [1.29, 1.82) is 0 Å². The van der Waals surface area contributed by atoms with Crippen LogP contribution in [0.1, 0.15) is 25.2 Å². The molecular weight excluding hydrogens is 152 g/mol. The third-order valence-corrected chi connectivity index (χ3v) is 1.29. The van der Waals surface area contributed by atoms with Crippen molar-refractivity contribution >= 4 is 0 Å². The molecule has 1 aromatic heterocycles. The second-order valence-corrected chi connectivity index (χ2v) is 2.59. The summed E-state index contributed by atoms with van der Waals surface area (Å²) in [4.78, 5) is 2.06. The van der Waals surface area contributed by atoms with Crippen LogP contribution in [0.4, 0.5) is 0 Å². The van der Waals surface area contributed by atoms with E-state index in [0.29, 0.717) is 0 Å². The van der Waals surface area contributed by atoms with Crippen molar-refractivity contribution in [3.05, 3.63) is 11.4 Å². The van der Waals surface area contributed by atoms with Crippen LogP contribution >= 0.6 is 0 Å². The van der Waals surface area contributed by atoms with Crippen molar-refractivity contribution in [3.63, 3.8) is 0 Å². The smallest absolute Gasteiger partial charge is 0.0993 e. The molecule has 0 aliphatic rings. The number of hydrogen-bond acceptors (Lipinski definition) is 3. The highest BCUT2D eigenvalue weighted by Crippen LogP contribution is 1.99. The van der Waals surface area contributed by atoms with E-state index in [1.165, 1.54) is 0 Å². The van der Waals surface area contributed by atoms with Gasteiger partial charge in [-0.15, -0.1) is 0 Å². The van der Waals surface area contributed by atoms with E-state index in [4.69, 9.17) is 0 Å². The van der Waals surface area contributed by atoms with Crippen molar-refractivity contribution < 1.29 is 0 Å². The van der Waals surface area contributed by atoms with Crippen LogP contribution in [0.5, 0.6) is 0 Å². The lowest BCUT2D eigenvalue weighted by Gasteiger charge is -2.05. The van der Waals surface area contributed by atoms with Gasteiger partial charge >= 0.3 is 0 Å². The quantitative estimate of drug-likeness (QED) is 0.725. The van der Waals surface area contributed by atoms with Crippen LogP contribution in [0.3, 0.4) is 0 Å². The summed E-state index contributed by atoms with van der Waals surface area (Å²) >= 11 is 0. The van der Waals surface area contributed by atoms with Gasteiger partial charge in [-0.25, -0.2) is 0 Å². The normalized spacial score (nSPS) is 9.50. The molecule has 1 rings (SSSR count). The molecule has 12 heavy (non-hydrogen) atoms. The third kappa shape index (κ3) is 3.48. The Hall–Kier alpha value is -0.900. The Bertz CT molecular complexity index is 205. The average Bonchev–Trinajstić information content (AvgIpc) is 2.40. The summed E-state index contributed by atoms with van der Waals surface area (Å²) < 4.78 is 0. The monoisotopic (exact) mass is 170 g/mol. The lowest BCUT2D eigenvalue weighted by Crippen LogP contribution is -2.11. The van der Waals surface area contributed by atoms with E-state index in [1.807, 2.05) is 34.9 Å². The summed E-state index contributed by atoms with van der Waals surface area (Å²) in [7, 11) is 4.02. The Labute approximate surface area is 74.0 Å². The number of rotatable bonds is 2. The molecule has 0 atom stereocenters. The van der Waals surface area contributed by atoms with E-state index in [1.54, 1.807) is 0 Å². The van der Waals surface area contributed by atoms with Gasteiger partial charge in [0.2, 0.25) is 0 Å². The maximum absolute atomic E-state index is 3.98. The minimum Gasteiger partial charge on any atom is -0.303 e. The van der Waals surface area contributed by atoms with Crippen LogP contribution in [-0.4, -0.2) is 34.4 Å². The zero-order chi connectivity index (χ0) is 9.56. The number of aryl methyl sites for hydroxylation is 1. The number of H-pyrrole nitrogens is 1. The van der Waals surface area contributed by atoms with Crippen LogP contribution in [0, 0.1) is 6.92 Å². The first-order valence-electron chi connectivity index (χ1n) is 4.21. The molecule has 0 aliphatic carbocycles. The lowest BCUT2D eigenvalue weighted by atomic mass is 10.3. The molecule has 70 valence electrons. The molecule has 1 N–H and O–H groups in total. The fourth-order valence-electron chi connectivity index (χ4n) is 0.755. The van der Waals surface area contributed by atoms with E-state index in [0.717, 1.165) is 17.9 Å². The number of nitrogens with zero attached hydrogens (tertiary/aromatic N) is 3. The molecule has 0 fully saturated rings. The fraction of sp³-hybridized carbons (Fsp3) is 0.750. The summed E-state index contributed by atoms with van der Waals surface area (Å²) in [6.45, 7) is 6.80. The van der Waals surface area contributed by atoms with Gasteiger partial charge in [0.15, 0.2) is 0 Å². The molecule has 4 nitrogen and oxygen atoms in total. The van der Waals surface area contributed by atoms with E-state index in [2.05, 4.69) is 20.3 Å². The van der Waals surface area contributed by atoms with Crippen molar-refractivity contribution in [1.82, 2.24) is 20.3 Å². The average molecular weight is 170 g/mol. The van der Waals surface area contributed by atoms with Crippen LogP contribution in [0.15, 0.2) is 0 Å². The largest absolute Gasteiger partial charge is 0.303 e. The maximum atomic E-state index is 3.98. The van der Waals surface area contributed by atoms with Crippen molar-refractivity contribution in [2.45, 2.75) is 27.3 Å². The molecule has 0 saturated heterocycles. The van der Waals surface area contributed by atoms with Gasteiger partial charge in [0.05, 0.1) is 11.4 Å². The van der Waals surface area contributed by atoms with E-state index in [-0.39, 0.29) is 0 Å². The van der Waals surface area contributed by atoms with Gasteiger partial charge in [0.1, 0.15) is 0 Å². The van der Waals surface area contributed by atoms with Gasteiger partial charge < -0.3 is 4.90 Å². The van der Waals surface area contributed by atoms with Gasteiger partial charge in [-0.3, -0.25) is 0 Å². The molecule has 0 saturated carbocycles. The summed E-state index contributed by atoms with van der Waals surface area (Å²) in [6.07, 6.45) is 0. The highest BCUT2D eigenvalue weighted by atomic mass is 15.3. The summed E-state index contributed by atoms with van der Waals surface area (Å²) in [6, 6.07) is 0. The van der Waals surface area contributed by atoms with E-state index in [9.17, 15) is 0 Å². The fourth-order valence-corrected chi connectivity index (χ4v) is 0.755. The molecule has 0 radical (unpaired) electrons. The van der Waals surface area contributed by atoms with E-state index >= 15 is 0 Å². The Morgan fingerprint density at radius 1 is 1.25 bits per heavy atom. The number of aromatic amines is 1. The number of hydrogen-bond donors (Lipinski definition) is 1. The van der Waals surface area contributed by atoms with E-state index < -0.39 is 0 Å².